The van der Waals surface area contributed by atoms with E-state index in [4.69, 9.17) is 9.47 Å². The predicted octanol–water partition coefficient (Wildman–Crippen LogP) is 3.03. The molecule has 1 fully saturated rings. The first-order chi connectivity index (χ1) is 12.3. The van der Waals surface area contributed by atoms with Gasteiger partial charge in [-0.15, -0.1) is 0 Å². The molecule has 1 N–H and O–H groups in total. The van der Waals surface area contributed by atoms with Crippen molar-refractivity contribution in [1.82, 2.24) is 15.2 Å². The van der Waals surface area contributed by atoms with Crippen LogP contribution in [0.1, 0.15) is 30.5 Å². The van der Waals surface area contributed by atoms with Crippen molar-refractivity contribution in [2.75, 3.05) is 33.4 Å². The van der Waals surface area contributed by atoms with Gasteiger partial charge in [0.1, 0.15) is 0 Å². The summed E-state index contributed by atoms with van der Waals surface area (Å²) in [4.78, 5) is 6.77. The van der Waals surface area contributed by atoms with Gasteiger partial charge in [-0.1, -0.05) is 19.1 Å². The lowest BCUT2D eigenvalue weighted by Gasteiger charge is -2.36. The molecule has 0 spiro atoms. The van der Waals surface area contributed by atoms with Crippen molar-refractivity contribution >= 4 is 0 Å². The molecule has 134 valence electrons. The number of hydrogen-bond acceptors (Lipinski definition) is 5. The number of methoxy groups -OCH3 is 1. The Bertz CT molecular complexity index is 663. The molecule has 5 nitrogen and oxygen atoms in total. The van der Waals surface area contributed by atoms with Crippen LogP contribution in [0.5, 0.6) is 11.5 Å². The highest BCUT2D eigenvalue weighted by atomic mass is 16.5. The molecular formula is C20H27N3O2. The fraction of sp³-hybridized carbons (Fsp3) is 0.450. The second-order valence-corrected chi connectivity index (χ2v) is 6.31. The minimum Gasteiger partial charge on any atom is -0.493 e. The molecule has 1 aliphatic rings. The number of benzene rings is 1. The van der Waals surface area contributed by atoms with Crippen LogP contribution in [0, 0.1) is 0 Å². The van der Waals surface area contributed by atoms with Crippen molar-refractivity contribution in [1.29, 1.82) is 0 Å². The van der Waals surface area contributed by atoms with Crippen molar-refractivity contribution in [3.8, 4) is 11.5 Å². The summed E-state index contributed by atoms with van der Waals surface area (Å²) in [5.41, 5.74) is 2.49. The van der Waals surface area contributed by atoms with Gasteiger partial charge in [0.15, 0.2) is 11.5 Å². The van der Waals surface area contributed by atoms with Crippen molar-refractivity contribution < 1.29 is 9.47 Å². The summed E-state index contributed by atoms with van der Waals surface area (Å²) in [6.45, 7) is 6.65. The molecule has 1 aromatic carbocycles. The van der Waals surface area contributed by atoms with Crippen LogP contribution in [0.2, 0.25) is 0 Å². The van der Waals surface area contributed by atoms with Crippen LogP contribution in [0.15, 0.2) is 42.7 Å². The van der Waals surface area contributed by atoms with E-state index in [1.54, 1.807) is 7.11 Å². The Morgan fingerprint density at radius 1 is 1.28 bits per heavy atom. The molecule has 5 heteroatoms. The van der Waals surface area contributed by atoms with Gasteiger partial charge in [-0.3, -0.25) is 9.88 Å². The summed E-state index contributed by atoms with van der Waals surface area (Å²) in [6.07, 6.45) is 4.77. The van der Waals surface area contributed by atoms with Crippen LogP contribution in [-0.2, 0) is 6.54 Å². The van der Waals surface area contributed by atoms with Gasteiger partial charge in [0.2, 0.25) is 0 Å². The van der Waals surface area contributed by atoms with E-state index in [9.17, 15) is 0 Å². The van der Waals surface area contributed by atoms with Gasteiger partial charge in [-0.05, 0) is 35.7 Å². The van der Waals surface area contributed by atoms with Crippen molar-refractivity contribution in [3.63, 3.8) is 0 Å². The fourth-order valence-electron chi connectivity index (χ4n) is 3.21. The fourth-order valence-corrected chi connectivity index (χ4v) is 3.21. The number of hydrogen-bond donors (Lipinski definition) is 1. The van der Waals surface area contributed by atoms with Crippen LogP contribution >= 0.6 is 0 Å². The van der Waals surface area contributed by atoms with Gasteiger partial charge < -0.3 is 14.8 Å². The van der Waals surface area contributed by atoms with Crippen molar-refractivity contribution in [2.24, 2.45) is 0 Å². The third-order valence-electron chi connectivity index (χ3n) is 4.50. The number of aromatic nitrogens is 1. The molecule has 0 bridgehead atoms. The lowest BCUT2D eigenvalue weighted by molar-refractivity contribution is 0.153. The summed E-state index contributed by atoms with van der Waals surface area (Å²) in [5, 5.41) is 3.49. The first-order valence-electron chi connectivity index (χ1n) is 8.96. The Kier molecular flexibility index (Phi) is 6.25. The number of piperazine rings is 1. The molecule has 1 aliphatic heterocycles. The largest absolute Gasteiger partial charge is 0.493 e. The maximum Gasteiger partial charge on any atom is 0.161 e. The van der Waals surface area contributed by atoms with Gasteiger partial charge in [0.25, 0.3) is 0 Å². The maximum atomic E-state index is 5.76. The van der Waals surface area contributed by atoms with E-state index in [0.29, 0.717) is 12.6 Å². The molecule has 0 amide bonds. The van der Waals surface area contributed by atoms with E-state index in [1.165, 1.54) is 11.1 Å². The summed E-state index contributed by atoms with van der Waals surface area (Å²) in [5.74, 6) is 1.62. The zero-order chi connectivity index (χ0) is 17.5. The van der Waals surface area contributed by atoms with E-state index in [2.05, 4.69) is 40.3 Å². The Hall–Kier alpha value is -2.11. The minimum absolute atomic E-state index is 0.337. The number of pyridine rings is 1. The van der Waals surface area contributed by atoms with Crippen LogP contribution in [0.25, 0.3) is 0 Å². The summed E-state index contributed by atoms with van der Waals surface area (Å²) in [6, 6.07) is 10.7. The molecule has 0 radical (unpaired) electrons. The number of rotatable bonds is 7. The quantitative estimate of drug-likeness (QED) is 0.839. The van der Waals surface area contributed by atoms with Gasteiger partial charge in [0, 0.05) is 44.6 Å². The van der Waals surface area contributed by atoms with Crippen LogP contribution in [0.3, 0.4) is 0 Å². The van der Waals surface area contributed by atoms with E-state index in [1.807, 2.05) is 24.5 Å². The first kappa shape index (κ1) is 17.7. The topological polar surface area (TPSA) is 46.6 Å². The predicted molar refractivity (Wildman–Crippen MR) is 99.0 cm³/mol. The lowest BCUT2D eigenvalue weighted by atomic mass is 10.0. The molecule has 1 unspecified atom stereocenters. The van der Waals surface area contributed by atoms with Crippen LogP contribution in [0.4, 0.5) is 0 Å². The lowest BCUT2D eigenvalue weighted by Crippen LogP contribution is -2.45. The zero-order valence-electron chi connectivity index (χ0n) is 15.1. The van der Waals surface area contributed by atoms with Gasteiger partial charge in [-0.25, -0.2) is 0 Å². The Morgan fingerprint density at radius 2 is 2.20 bits per heavy atom. The highest BCUT2D eigenvalue weighted by Crippen LogP contribution is 2.30. The SMILES string of the molecule is CCCOc1ccc(CN2CCNCC2c2cccnc2)cc1OC. The van der Waals surface area contributed by atoms with Crippen LogP contribution < -0.4 is 14.8 Å². The Morgan fingerprint density at radius 3 is 2.96 bits per heavy atom. The maximum absolute atomic E-state index is 5.76. The van der Waals surface area contributed by atoms with Crippen molar-refractivity contribution in [3.05, 3.63) is 53.9 Å². The molecule has 2 aromatic rings. The van der Waals surface area contributed by atoms with E-state index in [0.717, 1.165) is 44.1 Å². The van der Waals surface area contributed by atoms with E-state index < -0.39 is 0 Å². The average molecular weight is 341 g/mol. The molecule has 0 aliphatic carbocycles. The summed E-state index contributed by atoms with van der Waals surface area (Å²) < 4.78 is 11.3. The van der Waals surface area contributed by atoms with E-state index >= 15 is 0 Å². The van der Waals surface area contributed by atoms with E-state index in [-0.39, 0.29) is 0 Å². The number of nitrogens with one attached hydrogen (secondary N) is 1. The molecule has 2 heterocycles. The molecule has 1 saturated heterocycles. The molecule has 1 aromatic heterocycles. The molecule has 0 saturated carbocycles. The number of nitrogens with zero attached hydrogens (tertiary/aromatic N) is 2. The average Bonchev–Trinajstić information content (AvgIpc) is 2.68. The highest BCUT2D eigenvalue weighted by molar-refractivity contribution is 5.43. The Balaban J connectivity index is 1.75. The monoisotopic (exact) mass is 341 g/mol. The Labute approximate surface area is 150 Å². The standard InChI is InChI=1S/C20H27N3O2/c1-3-11-25-19-7-6-16(12-20(19)24-2)15-23-10-9-22-14-18(23)17-5-4-8-21-13-17/h4-8,12-13,18,22H,3,9-11,14-15H2,1-2H3. The first-order valence-corrected chi connectivity index (χ1v) is 8.96. The third-order valence-corrected chi connectivity index (χ3v) is 4.50. The van der Waals surface area contributed by atoms with Crippen LogP contribution in [-0.4, -0.2) is 43.2 Å². The summed E-state index contributed by atoms with van der Waals surface area (Å²) >= 11 is 0. The van der Waals surface area contributed by atoms with Crippen molar-refractivity contribution in [2.45, 2.75) is 25.9 Å². The molecule has 25 heavy (non-hydrogen) atoms. The molecule has 3 rings (SSSR count). The smallest absolute Gasteiger partial charge is 0.161 e. The normalized spacial score (nSPS) is 18.1. The van der Waals surface area contributed by atoms with Gasteiger partial charge >= 0.3 is 0 Å². The minimum atomic E-state index is 0.337. The van der Waals surface area contributed by atoms with Gasteiger partial charge in [0.05, 0.1) is 13.7 Å². The molecule has 1 atom stereocenters. The highest BCUT2D eigenvalue weighted by Gasteiger charge is 2.24. The second kappa shape index (κ2) is 8.83. The zero-order valence-corrected chi connectivity index (χ0v) is 15.1. The number of ether oxygens (including phenoxy) is 2. The van der Waals surface area contributed by atoms with Gasteiger partial charge in [-0.2, -0.15) is 0 Å². The third kappa shape index (κ3) is 4.50. The molecular weight excluding hydrogens is 314 g/mol. The second-order valence-electron chi connectivity index (χ2n) is 6.31. The summed E-state index contributed by atoms with van der Waals surface area (Å²) in [7, 11) is 1.70.